The van der Waals surface area contributed by atoms with Crippen LogP contribution >= 0.6 is 11.3 Å². The molecule has 1 aromatic carbocycles. The lowest BCUT2D eigenvalue weighted by molar-refractivity contribution is 0.145. The normalized spacial score (nSPS) is 13.8. The first-order valence-electron chi connectivity index (χ1n) is 10.8. The molecule has 0 spiro atoms. The second-order valence-corrected chi connectivity index (χ2v) is 8.76. The lowest BCUT2D eigenvalue weighted by atomic mass is 10.0. The van der Waals surface area contributed by atoms with Gasteiger partial charge in [0, 0.05) is 44.1 Å². The molecular weight excluding hydrogens is 396 g/mol. The third kappa shape index (κ3) is 6.71. The molecular formula is C23H34N4O2S. The highest BCUT2D eigenvalue weighted by Crippen LogP contribution is 2.27. The topological polar surface area (TPSA) is 67.8 Å². The number of aryl methyl sites for hydroxylation is 4. The second kappa shape index (κ2) is 11.9. The maximum absolute atomic E-state index is 5.88. The van der Waals surface area contributed by atoms with Crippen LogP contribution in [0.1, 0.15) is 46.0 Å². The highest BCUT2D eigenvalue weighted by atomic mass is 32.1. The summed E-state index contributed by atoms with van der Waals surface area (Å²) in [7, 11) is 3.48. The van der Waals surface area contributed by atoms with E-state index in [9.17, 15) is 0 Å². The quantitative estimate of drug-likeness (QED) is 0.342. The molecule has 6 nitrogen and oxygen atoms in total. The summed E-state index contributed by atoms with van der Waals surface area (Å²) >= 11 is 1.91. The zero-order valence-corrected chi connectivity index (χ0v) is 19.2. The Hall–Kier alpha value is -2.12. The second-order valence-electron chi connectivity index (χ2n) is 7.59. The van der Waals surface area contributed by atoms with Gasteiger partial charge in [0.15, 0.2) is 5.96 Å². The van der Waals surface area contributed by atoms with Crippen molar-refractivity contribution in [2.24, 2.45) is 4.99 Å². The molecule has 0 fully saturated rings. The smallest absolute Gasteiger partial charge is 0.191 e. The van der Waals surface area contributed by atoms with Crippen LogP contribution in [0.25, 0.3) is 0 Å². The Labute approximate surface area is 184 Å². The van der Waals surface area contributed by atoms with Crippen LogP contribution < -0.4 is 15.4 Å². The minimum Gasteiger partial charge on any atom is -0.491 e. The van der Waals surface area contributed by atoms with E-state index in [4.69, 9.17) is 14.5 Å². The summed E-state index contributed by atoms with van der Waals surface area (Å²) in [6.45, 7) is 4.71. The largest absolute Gasteiger partial charge is 0.491 e. The maximum atomic E-state index is 5.88. The van der Waals surface area contributed by atoms with E-state index in [1.165, 1.54) is 40.4 Å². The molecule has 1 aliphatic carbocycles. The number of benzene rings is 1. The van der Waals surface area contributed by atoms with Crippen molar-refractivity contribution in [1.82, 2.24) is 15.6 Å². The summed E-state index contributed by atoms with van der Waals surface area (Å²) in [6.07, 6.45) is 7.06. The van der Waals surface area contributed by atoms with Gasteiger partial charge in [0.05, 0.1) is 17.3 Å². The third-order valence-electron chi connectivity index (χ3n) is 5.19. The Morgan fingerprint density at radius 2 is 2.07 bits per heavy atom. The number of guanidine groups is 1. The average Bonchev–Trinajstić information content (AvgIpc) is 3.17. The summed E-state index contributed by atoms with van der Waals surface area (Å²) in [5.41, 5.74) is 3.64. The molecule has 0 amide bonds. The summed E-state index contributed by atoms with van der Waals surface area (Å²) < 4.78 is 11.0. The first-order chi connectivity index (χ1) is 14.7. The van der Waals surface area contributed by atoms with Crippen molar-refractivity contribution in [2.45, 2.75) is 52.0 Å². The Morgan fingerprint density at radius 3 is 2.87 bits per heavy atom. The summed E-state index contributed by atoms with van der Waals surface area (Å²) in [5, 5.41) is 8.08. The van der Waals surface area contributed by atoms with Gasteiger partial charge in [-0.15, -0.1) is 11.3 Å². The molecule has 1 aromatic heterocycles. The van der Waals surface area contributed by atoms with Crippen LogP contribution in [0.3, 0.4) is 0 Å². The van der Waals surface area contributed by atoms with E-state index in [1.807, 2.05) is 11.3 Å². The molecule has 0 saturated carbocycles. The molecule has 0 bridgehead atoms. The van der Waals surface area contributed by atoms with Crippen molar-refractivity contribution >= 4 is 17.3 Å². The lowest BCUT2D eigenvalue weighted by Crippen LogP contribution is -2.37. The zero-order chi connectivity index (χ0) is 21.2. The summed E-state index contributed by atoms with van der Waals surface area (Å²) in [6, 6.07) is 6.27. The predicted octanol–water partition coefficient (Wildman–Crippen LogP) is 3.65. The van der Waals surface area contributed by atoms with E-state index < -0.39 is 0 Å². The van der Waals surface area contributed by atoms with Crippen molar-refractivity contribution in [3.8, 4) is 5.75 Å². The van der Waals surface area contributed by atoms with Crippen molar-refractivity contribution in [3.05, 3.63) is 44.9 Å². The minimum atomic E-state index is 0.542. The molecule has 2 aromatic rings. The van der Waals surface area contributed by atoms with Crippen molar-refractivity contribution < 1.29 is 9.47 Å². The van der Waals surface area contributed by atoms with E-state index >= 15 is 0 Å². The Bertz CT molecular complexity index is 811. The molecule has 164 valence electrons. The fourth-order valence-electron chi connectivity index (χ4n) is 3.54. The fourth-order valence-corrected chi connectivity index (χ4v) is 4.73. The van der Waals surface area contributed by atoms with Crippen LogP contribution in [0, 0.1) is 6.92 Å². The number of aromatic nitrogens is 1. The monoisotopic (exact) mass is 430 g/mol. The molecule has 0 atom stereocenters. The number of nitrogens with one attached hydrogen (secondary N) is 2. The highest BCUT2D eigenvalue weighted by molar-refractivity contribution is 7.11. The van der Waals surface area contributed by atoms with Gasteiger partial charge in [-0.2, -0.15) is 0 Å². The fraction of sp³-hybridized carbons (Fsp3) is 0.565. The molecule has 0 aliphatic heterocycles. The van der Waals surface area contributed by atoms with Crippen molar-refractivity contribution in [2.75, 3.05) is 33.9 Å². The molecule has 0 radical (unpaired) electrons. The third-order valence-corrected chi connectivity index (χ3v) is 6.40. The van der Waals surface area contributed by atoms with Gasteiger partial charge < -0.3 is 20.1 Å². The number of rotatable bonds is 10. The van der Waals surface area contributed by atoms with Gasteiger partial charge in [-0.25, -0.2) is 4.98 Å². The maximum Gasteiger partial charge on any atom is 0.191 e. The van der Waals surface area contributed by atoms with Crippen LogP contribution in [0.5, 0.6) is 5.75 Å². The van der Waals surface area contributed by atoms with Crippen molar-refractivity contribution in [1.29, 1.82) is 0 Å². The zero-order valence-electron chi connectivity index (χ0n) is 18.4. The standard InChI is InChI=1S/C23H34N4O2S/c1-17-10-11-18(20(15-17)29-14-13-28-3)16-26-23(24-2)25-12-6-9-22-27-19-7-4-5-8-21(19)30-22/h10-11,15H,4-9,12-14,16H2,1-3H3,(H2,24,25,26). The van der Waals surface area contributed by atoms with Gasteiger partial charge in [0.1, 0.15) is 12.4 Å². The number of ether oxygens (including phenoxy) is 2. The molecule has 30 heavy (non-hydrogen) atoms. The van der Waals surface area contributed by atoms with Gasteiger partial charge in [0.2, 0.25) is 0 Å². The highest BCUT2D eigenvalue weighted by Gasteiger charge is 2.14. The van der Waals surface area contributed by atoms with Gasteiger partial charge in [-0.1, -0.05) is 12.1 Å². The molecule has 0 saturated heterocycles. The lowest BCUT2D eigenvalue weighted by Gasteiger charge is -2.15. The number of thiazole rings is 1. The Kier molecular flexibility index (Phi) is 8.96. The Balaban J connectivity index is 1.43. The molecule has 2 N–H and O–H groups in total. The number of hydrogen-bond acceptors (Lipinski definition) is 5. The van der Waals surface area contributed by atoms with E-state index in [-0.39, 0.29) is 0 Å². The van der Waals surface area contributed by atoms with Gasteiger partial charge in [-0.3, -0.25) is 4.99 Å². The summed E-state index contributed by atoms with van der Waals surface area (Å²) in [4.78, 5) is 10.7. The van der Waals surface area contributed by atoms with Crippen LogP contribution in [0.4, 0.5) is 0 Å². The van der Waals surface area contributed by atoms with Gasteiger partial charge in [0.25, 0.3) is 0 Å². The number of methoxy groups -OCH3 is 1. The first kappa shape index (κ1) is 22.6. The number of hydrogen-bond donors (Lipinski definition) is 2. The van der Waals surface area contributed by atoms with E-state index in [0.717, 1.165) is 43.1 Å². The van der Waals surface area contributed by atoms with Crippen LogP contribution in [0.2, 0.25) is 0 Å². The van der Waals surface area contributed by atoms with Crippen molar-refractivity contribution in [3.63, 3.8) is 0 Å². The number of fused-ring (bicyclic) bond motifs is 1. The van der Waals surface area contributed by atoms with Crippen LogP contribution in [0.15, 0.2) is 23.2 Å². The predicted molar refractivity (Wildman–Crippen MR) is 124 cm³/mol. The Morgan fingerprint density at radius 1 is 1.20 bits per heavy atom. The van der Waals surface area contributed by atoms with Gasteiger partial charge >= 0.3 is 0 Å². The van der Waals surface area contributed by atoms with E-state index in [0.29, 0.717) is 19.8 Å². The van der Waals surface area contributed by atoms with Gasteiger partial charge in [-0.05, 0) is 50.7 Å². The number of nitrogens with zero attached hydrogens (tertiary/aromatic N) is 2. The van der Waals surface area contributed by atoms with Crippen LogP contribution in [-0.2, 0) is 30.5 Å². The van der Waals surface area contributed by atoms with Crippen LogP contribution in [-0.4, -0.2) is 44.9 Å². The average molecular weight is 431 g/mol. The van der Waals surface area contributed by atoms with E-state index in [2.05, 4.69) is 40.7 Å². The molecule has 1 heterocycles. The minimum absolute atomic E-state index is 0.542. The molecule has 7 heteroatoms. The molecule has 0 unspecified atom stereocenters. The van der Waals surface area contributed by atoms with E-state index in [1.54, 1.807) is 14.2 Å². The first-order valence-corrected chi connectivity index (χ1v) is 11.6. The molecule has 3 rings (SSSR count). The summed E-state index contributed by atoms with van der Waals surface area (Å²) in [5.74, 6) is 1.69. The number of aliphatic imine (C=N–C) groups is 1. The molecule has 1 aliphatic rings. The SMILES string of the molecule is CN=C(NCCCc1nc2c(s1)CCCC2)NCc1ccc(C)cc1OCCOC.